The van der Waals surface area contributed by atoms with Gasteiger partial charge in [0.25, 0.3) is 5.69 Å². The van der Waals surface area contributed by atoms with E-state index in [9.17, 15) is 34.6 Å². The van der Waals surface area contributed by atoms with Gasteiger partial charge in [-0.3, -0.25) is 34.4 Å². The molecule has 1 N–H and O–H groups in total. The number of nitro groups is 2. The number of rotatable bonds is 5. The molecule has 0 bridgehead atoms. The second-order valence-electron chi connectivity index (χ2n) is 4.49. The maximum atomic E-state index is 12.3. The Hall–Kier alpha value is -3.83. The predicted molar refractivity (Wildman–Crippen MR) is 77.2 cm³/mol. The molecular weight excluding hydrogens is 328 g/mol. The Morgan fingerprint density at radius 2 is 1.83 bits per heavy atom. The highest BCUT2D eigenvalue weighted by Crippen LogP contribution is 2.16. The van der Waals surface area contributed by atoms with Crippen molar-refractivity contribution < 1.29 is 19.7 Å². The number of hydrogen-bond donors (Lipinski definition) is 1. The highest BCUT2D eigenvalue weighted by Gasteiger charge is 2.22. The van der Waals surface area contributed by atoms with Crippen LogP contribution in [-0.2, 0) is 11.3 Å². The maximum absolute atomic E-state index is 12.3. The van der Waals surface area contributed by atoms with Gasteiger partial charge in [0.1, 0.15) is 6.54 Å². The first kappa shape index (κ1) is 16.5. The van der Waals surface area contributed by atoms with Crippen LogP contribution in [0.1, 0.15) is 0 Å². The second-order valence-corrected chi connectivity index (χ2v) is 4.49. The molecule has 124 valence electrons. The summed E-state index contributed by atoms with van der Waals surface area (Å²) >= 11 is 0. The van der Waals surface area contributed by atoms with Crippen LogP contribution in [0.2, 0.25) is 0 Å². The smallest absolute Gasteiger partial charge is 0.350 e. The number of carboxylic acids is 1. The van der Waals surface area contributed by atoms with E-state index in [1.165, 1.54) is 12.1 Å². The average molecular weight is 336 g/mol. The summed E-state index contributed by atoms with van der Waals surface area (Å²) in [7, 11) is 0. The Labute approximate surface area is 131 Å². The first-order valence-corrected chi connectivity index (χ1v) is 6.20. The van der Waals surface area contributed by atoms with E-state index in [1.54, 1.807) is 0 Å². The fourth-order valence-electron chi connectivity index (χ4n) is 1.93. The molecule has 1 aromatic heterocycles. The summed E-state index contributed by atoms with van der Waals surface area (Å²) in [6.45, 7) is -1.09. The van der Waals surface area contributed by atoms with Crippen LogP contribution in [0.4, 0.5) is 11.4 Å². The normalized spacial score (nSPS) is 10.3. The first-order valence-electron chi connectivity index (χ1n) is 6.20. The van der Waals surface area contributed by atoms with Gasteiger partial charge in [-0.05, 0) is 6.07 Å². The fraction of sp³-hybridized carbons (Fsp3) is 0.0833. The number of hydrogen-bond acceptors (Lipinski definition) is 7. The van der Waals surface area contributed by atoms with Crippen LogP contribution in [0.15, 0.2) is 40.1 Å². The highest BCUT2D eigenvalue weighted by atomic mass is 16.6. The molecule has 0 atom stereocenters. The molecule has 0 unspecified atom stereocenters. The molecule has 0 aliphatic carbocycles. The SMILES string of the molecule is O=C(O)Cn1c(=O)c([N+](=O)[O-])cn(-c2cccc([N+](=O)[O-])c2)c1=O. The van der Waals surface area contributed by atoms with Crippen LogP contribution < -0.4 is 11.2 Å². The van der Waals surface area contributed by atoms with Crippen molar-refractivity contribution in [3.8, 4) is 5.69 Å². The number of carboxylic acid groups (broad SMARTS) is 1. The minimum atomic E-state index is -1.56. The van der Waals surface area contributed by atoms with E-state index in [-0.39, 0.29) is 10.3 Å². The van der Waals surface area contributed by atoms with Gasteiger partial charge >= 0.3 is 22.9 Å². The predicted octanol–water partition coefficient (Wildman–Crippen LogP) is -0.0998. The van der Waals surface area contributed by atoms with Crippen LogP contribution in [0.25, 0.3) is 5.69 Å². The summed E-state index contributed by atoms with van der Waals surface area (Å²) in [6, 6.07) is 4.57. The molecule has 1 heterocycles. The maximum Gasteiger partial charge on any atom is 0.350 e. The van der Waals surface area contributed by atoms with Crippen LogP contribution in [0, 0.1) is 20.2 Å². The third-order valence-electron chi connectivity index (χ3n) is 2.96. The van der Waals surface area contributed by atoms with Gasteiger partial charge in [0, 0.05) is 12.1 Å². The van der Waals surface area contributed by atoms with Gasteiger partial charge in [0.05, 0.1) is 21.7 Å². The fourth-order valence-corrected chi connectivity index (χ4v) is 1.93. The number of aromatic nitrogens is 2. The van der Waals surface area contributed by atoms with Crippen molar-refractivity contribution in [2.75, 3.05) is 0 Å². The third kappa shape index (κ3) is 3.01. The quantitative estimate of drug-likeness (QED) is 0.583. The monoisotopic (exact) mass is 336 g/mol. The Kier molecular flexibility index (Phi) is 4.21. The van der Waals surface area contributed by atoms with Crippen molar-refractivity contribution in [3.05, 3.63) is 71.5 Å². The largest absolute Gasteiger partial charge is 0.480 e. The molecular formula is C12H8N4O8. The van der Waals surface area contributed by atoms with Gasteiger partial charge in [-0.25, -0.2) is 9.36 Å². The summed E-state index contributed by atoms with van der Waals surface area (Å²) in [5.74, 6) is -1.56. The van der Waals surface area contributed by atoms with Gasteiger partial charge in [0.15, 0.2) is 0 Å². The van der Waals surface area contributed by atoms with Crippen LogP contribution in [-0.4, -0.2) is 30.1 Å². The lowest BCUT2D eigenvalue weighted by molar-refractivity contribution is -0.387. The number of carbonyl (C=O) groups is 1. The number of benzene rings is 1. The average Bonchev–Trinajstić information content (AvgIpc) is 2.51. The van der Waals surface area contributed by atoms with E-state index in [0.29, 0.717) is 10.8 Å². The molecule has 0 amide bonds. The second kappa shape index (κ2) is 6.12. The van der Waals surface area contributed by atoms with E-state index in [4.69, 9.17) is 5.11 Å². The lowest BCUT2D eigenvalue weighted by Gasteiger charge is -2.08. The van der Waals surface area contributed by atoms with Crippen molar-refractivity contribution in [3.63, 3.8) is 0 Å². The van der Waals surface area contributed by atoms with E-state index in [0.717, 1.165) is 12.1 Å². The Morgan fingerprint density at radius 3 is 2.38 bits per heavy atom. The molecule has 0 aliphatic rings. The molecule has 24 heavy (non-hydrogen) atoms. The Balaban J connectivity index is 2.81. The van der Waals surface area contributed by atoms with Gasteiger partial charge in [-0.1, -0.05) is 6.07 Å². The molecule has 0 spiro atoms. The highest BCUT2D eigenvalue weighted by molar-refractivity contribution is 5.66. The zero-order valence-corrected chi connectivity index (χ0v) is 11.7. The summed E-state index contributed by atoms with van der Waals surface area (Å²) in [6.07, 6.45) is 0.599. The minimum absolute atomic E-state index is 0.128. The Bertz CT molecular complexity index is 974. The molecule has 2 aromatic rings. The molecule has 12 heteroatoms. The minimum Gasteiger partial charge on any atom is -0.480 e. The van der Waals surface area contributed by atoms with Crippen molar-refractivity contribution in [1.82, 2.24) is 9.13 Å². The van der Waals surface area contributed by atoms with E-state index in [1.807, 2.05) is 0 Å². The van der Waals surface area contributed by atoms with Gasteiger partial charge < -0.3 is 5.11 Å². The lowest BCUT2D eigenvalue weighted by atomic mass is 10.3. The zero-order valence-electron chi connectivity index (χ0n) is 11.7. The first-order chi connectivity index (χ1) is 11.2. The molecule has 12 nitrogen and oxygen atoms in total. The van der Waals surface area contributed by atoms with Crippen LogP contribution in [0.5, 0.6) is 0 Å². The molecule has 0 radical (unpaired) electrons. The van der Waals surface area contributed by atoms with Crippen LogP contribution >= 0.6 is 0 Å². The van der Waals surface area contributed by atoms with Crippen molar-refractivity contribution >= 4 is 17.3 Å². The summed E-state index contributed by atoms with van der Waals surface area (Å²) < 4.78 is 0.773. The van der Waals surface area contributed by atoms with E-state index < -0.39 is 45.0 Å². The number of non-ortho nitro benzene ring substituents is 1. The summed E-state index contributed by atoms with van der Waals surface area (Å²) in [5.41, 5.74) is -4.11. The van der Waals surface area contributed by atoms with Crippen LogP contribution in [0.3, 0.4) is 0 Å². The molecule has 1 aromatic carbocycles. The van der Waals surface area contributed by atoms with Crippen molar-refractivity contribution in [2.24, 2.45) is 0 Å². The Morgan fingerprint density at radius 1 is 1.17 bits per heavy atom. The van der Waals surface area contributed by atoms with Crippen molar-refractivity contribution in [2.45, 2.75) is 6.54 Å². The lowest BCUT2D eigenvalue weighted by Crippen LogP contribution is -2.41. The zero-order chi connectivity index (χ0) is 18.0. The van der Waals surface area contributed by atoms with E-state index in [2.05, 4.69) is 0 Å². The molecule has 2 rings (SSSR count). The summed E-state index contributed by atoms with van der Waals surface area (Å²) in [4.78, 5) is 54.8. The molecule has 0 aliphatic heterocycles. The van der Waals surface area contributed by atoms with Crippen molar-refractivity contribution in [1.29, 1.82) is 0 Å². The number of nitrogens with zero attached hydrogens (tertiary/aromatic N) is 4. The number of nitro benzene ring substituents is 1. The van der Waals surface area contributed by atoms with E-state index >= 15 is 0 Å². The van der Waals surface area contributed by atoms with Gasteiger partial charge in [-0.2, -0.15) is 0 Å². The summed E-state index contributed by atoms with van der Waals surface area (Å²) in [5, 5.41) is 30.5. The topological polar surface area (TPSA) is 168 Å². The standard InChI is InChI=1S/C12H8N4O8/c17-10(18)6-14-11(19)9(16(23)24)5-13(12(14)20)7-2-1-3-8(4-7)15(21)22/h1-5H,6H2,(H,17,18). The molecule has 0 saturated carbocycles. The molecule has 0 fully saturated rings. The van der Waals surface area contributed by atoms with Gasteiger partial charge in [0.2, 0.25) is 0 Å². The third-order valence-corrected chi connectivity index (χ3v) is 2.96. The number of aliphatic carboxylic acids is 1. The molecule has 0 saturated heterocycles. The van der Waals surface area contributed by atoms with Gasteiger partial charge in [-0.15, -0.1) is 0 Å².